The summed E-state index contributed by atoms with van der Waals surface area (Å²) >= 11 is 0. The van der Waals surface area contributed by atoms with Gasteiger partial charge in [-0.25, -0.2) is 9.07 Å². The Morgan fingerprint density at radius 3 is 2.70 bits per heavy atom. The molecule has 0 radical (unpaired) electrons. The minimum absolute atomic E-state index is 0.234. The van der Waals surface area contributed by atoms with E-state index < -0.39 is 6.10 Å². The van der Waals surface area contributed by atoms with Gasteiger partial charge in [0.1, 0.15) is 17.3 Å². The Kier molecular flexibility index (Phi) is 9.18. The molecule has 0 aliphatic rings. The summed E-state index contributed by atoms with van der Waals surface area (Å²) in [6.45, 7) is 8.09. The highest BCUT2D eigenvalue weighted by atomic mass is 19.1. The number of aliphatic hydroxyl groups excluding tert-OH is 1. The van der Waals surface area contributed by atoms with Gasteiger partial charge in [-0.1, -0.05) is 49.4 Å². The lowest BCUT2D eigenvalue weighted by atomic mass is 10.1. The summed E-state index contributed by atoms with van der Waals surface area (Å²) in [5.74, 6) is 0.575. The van der Waals surface area contributed by atoms with Gasteiger partial charge in [-0.15, -0.1) is 6.58 Å². The molecule has 176 valence electrons. The quantitative estimate of drug-likeness (QED) is 0.298. The maximum atomic E-state index is 13.8. The first-order chi connectivity index (χ1) is 16.0. The van der Waals surface area contributed by atoms with Crippen LogP contribution in [-0.4, -0.2) is 52.2 Å². The molecule has 0 bridgehead atoms. The Morgan fingerprint density at radius 2 is 2.00 bits per heavy atom. The standard InChI is InChI=1S/C26H32FN3O3/c1-4-14-30(17-22(31)19-32-15-5-2)18-24-25(20-10-7-6-8-11-20)28-29(3)26(24)33-23-13-9-12-21(27)16-23/h5-13,16,22,31H,2,4,14-15,17-19H2,1,3H3/t22-/m1/s1. The molecule has 3 aromatic rings. The van der Waals surface area contributed by atoms with Crippen LogP contribution in [0.25, 0.3) is 11.3 Å². The van der Waals surface area contributed by atoms with E-state index in [4.69, 9.17) is 14.6 Å². The van der Waals surface area contributed by atoms with Crippen molar-refractivity contribution in [3.63, 3.8) is 0 Å². The van der Waals surface area contributed by atoms with Crippen molar-refractivity contribution in [3.8, 4) is 22.9 Å². The molecule has 0 amide bonds. The highest BCUT2D eigenvalue weighted by Gasteiger charge is 2.23. The van der Waals surface area contributed by atoms with Crippen LogP contribution in [-0.2, 0) is 18.3 Å². The summed E-state index contributed by atoms with van der Waals surface area (Å²) in [6.07, 6.45) is 1.94. The van der Waals surface area contributed by atoms with Crippen molar-refractivity contribution in [2.24, 2.45) is 7.05 Å². The van der Waals surface area contributed by atoms with Gasteiger partial charge in [0.25, 0.3) is 0 Å². The van der Waals surface area contributed by atoms with E-state index in [9.17, 15) is 9.50 Å². The fourth-order valence-electron chi connectivity index (χ4n) is 3.71. The van der Waals surface area contributed by atoms with E-state index in [2.05, 4.69) is 18.4 Å². The number of halogens is 1. The third kappa shape index (κ3) is 6.99. The van der Waals surface area contributed by atoms with Gasteiger partial charge < -0.3 is 14.6 Å². The summed E-state index contributed by atoms with van der Waals surface area (Å²) in [4.78, 5) is 2.16. The number of rotatable bonds is 13. The largest absolute Gasteiger partial charge is 0.439 e. The molecule has 7 heteroatoms. The zero-order valence-corrected chi connectivity index (χ0v) is 19.3. The van der Waals surface area contributed by atoms with Crippen LogP contribution >= 0.6 is 0 Å². The lowest BCUT2D eigenvalue weighted by Gasteiger charge is -2.25. The summed E-state index contributed by atoms with van der Waals surface area (Å²) in [7, 11) is 1.81. The monoisotopic (exact) mass is 453 g/mol. The minimum atomic E-state index is -0.638. The first kappa shape index (κ1) is 24.6. The van der Waals surface area contributed by atoms with Crippen molar-refractivity contribution in [2.45, 2.75) is 26.0 Å². The Bertz CT molecular complexity index is 1020. The molecule has 1 atom stereocenters. The average molecular weight is 454 g/mol. The van der Waals surface area contributed by atoms with Crippen molar-refractivity contribution in [1.82, 2.24) is 14.7 Å². The summed E-state index contributed by atoms with van der Waals surface area (Å²) in [5.41, 5.74) is 2.63. The van der Waals surface area contributed by atoms with E-state index in [1.165, 1.54) is 12.1 Å². The fraction of sp³-hybridized carbons (Fsp3) is 0.346. The number of aromatic nitrogens is 2. The number of benzene rings is 2. The Labute approximate surface area is 194 Å². The van der Waals surface area contributed by atoms with Crippen LogP contribution in [0.2, 0.25) is 0 Å². The van der Waals surface area contributed by atoms with Gasteiger partial charge in [0.05, 0.1) is 24.9 Å². The number of hydrogen-bond acceptors (Lipinski definition) is 5. The van der Waals surface area contributed by atoms with Gasteiger partial charge in [-0.05, 0) is 25.1 Å². The molecule has 1 heterocycles. The first-order valence-electron chi connectivity index (χ1n) is 11.2. The molecular weight excluding hydrogens is 421 g/mol. The van der Waals surface area contributed by atoms with Crippen LogP contribution in [0.1, 0.15) is 18.9 Å². The summed E-state index contributed by atoms with van der Waals surface area (Å²) in [6, 6.07) is 15.9. The molecule has 1 aromatic heterocycles. The first-order valence-corrected chi connectivity index (χ1v) is 11.2. The summed E-state index contributed by atoms with van der Waals surface area (Å²) in [5, 5.41) is 15.2. The molecule has 0 aliphatic carbocycles. The second-order valence-electron chi connectivity index (χ2n) is 7.90. The molecule has 6 nitrogen and oxygen atoms in total. The predicted molar refractivity (Wildman–Crippen MR) is 128 cm³/mol. The van der Waals surface area contributed by atoms with Gasteiger partial charge in [-0.2, -0.15) is 5.10 Å². The SMILES string of the molecule is C=CCOC[C@H](O)CN(CCC)Cc1c(-c2ccccc2)nn(C)c1Oc1cccc(F)c1. The third-order valence-electron chi connectivity index (χ3n) is 5.08. The van der Waals surface area contributed by atoms with Crippen LogP contribution in [0.4, 0.5) is 4.39 Å². The Morgan fingerprint density at radius 1 is 1.21 bits per heavy atom. The lowest BCUT2D eigenvalue weighted by Crippen LogP contribution is -2.35. The molecule has 0 fully saturated rings. The van der Waals surface area contributed by atoms with Crippen molar-refractivity contribution in [3.05, 3.63) is 78.6 Å². The minimum Gasteiger partial charge on any atom is -0.439 e. The van der Waals surface area contributed by atoms with Gasteiger partial charge in [0, 0.05) is 31.8 Å². The van der Waals surface area contributed by atoms with Gasteiger partial charge in [0.2, 0.25) is 5.88 Å². The number of aryl methyl sites for hydroxylation is 1. The molecule has 3 rings (SSSR count). The van der Waals surface area contributed by atoms with Crippen LogP contribution in [0.15, 0.2) is 67.3 Å². The molecule has 0 saturated heterocycles. The van der Waals surface area contributed by atoms with Crippen molar-refractivity contribution in [1.29, 1.82) is 0 Å². The smallest absolute Gasteiger partial charge is 0.222 e. The van der Waals surface area contributed by atoms with E-state index in [1.54, 1.807) is 22.9 Å². The second-order valence-corrected chi connectivity index (χ2v) is 7.90. The zero-order valence-electron chi connectivity index (χ0n) is 19.3. The van der Waals surface area contributed by atoms with E-state index in [-0.39, 0.29) is 12.4 Å². The molecular formula is C26H32FN3O3. The fourth-order valence-corrected chi connectivity index (χ4v) is 3.71. The van der Waals surface area contributed by atoms with Crippen LogP contribution in [0.5, 0.6) is 11.6 Å². The number of hydrogen-bond donors (Lipinski definition) is 1. The molecule has 0 aliphatic heterocycles. The Balaban J connectivity index is 1.93. The van der Waals surface area contributed by atoms with Crippen LogP contribution in [0, 0.1) is 5.82 Å². The maximum absolute atomic E-state index is 13.8. The van der Waals surface area contributed by atoms with E-state index in [0.717, 1.165) is 29.8 Å². The summed E-state index contributed by atoms with van der Waals surface area (Å²) < 4.78 is 27.0. The molecule has 0 spiro atoms. The van der Waals surface area contributed by atoms with E-state index in [1.807, 2.05) is 37.4 Å². The van der Waals surface area contributed by atoms with Gasteiger partial charge in [0.15, 0.2) is 0 Å². The van der Waals surface area contributed by atoms with E-state index in [0.29, 0.717) is 31.3 Å². The lowest BCUT2D eigenvalue weighted by molar-refractivity contribution is 0.0245. The highest BCUT2D eigenvalue weighted by molar-refractivity contribution is 5.65. The number of nitrogens with zero attached hydrogens (tertiary/aromatic N) is 3. The third-order valence-corrected chi connectivity index (χ3v) is 5.08. The molecule has 0 saturated carbocycles. The second kappa shape index (κ2) is 12.3. The predicted octanol–water partition coefficient (Wildman–Crippen LogP) is 4.79. The Hall–Kier alpha value is -3.00. The highest BCUT2D eigenvalue weighted by Crippen LogP contribution is 2.34. The van der Waals surface area contributed by atoms with E-state index >= 15 is 0 Å². The van der Waals surface area contributed by atoms with Gasteiger partial charge in [-0.3, -0.25) is 4.90 Å². The van der Waals surface area contributed by atoms with Crippen molar-refractivity contribution in [2.75, 3.05) is 26.3 Å². The van der Waals surface area contributed by atoms with Gasteiger partial charge >= 0.3 is 0 Å². The van der Waals surface area contributed by atoms with Crippen LogP contribution < -0.4 is 4.74 Å². The topological polar surface area (TPSA) is 59.8 Å². The normalized spacial score (nSPS) is 12.2. The molecule has 0 unspecified atom stereocenters. The van der Waals surface area contributed by atoms with Crippen molar-refractivity contribution < 1.29 is 19.0 Å². The molecule has 33 heavy (non-hydrogen) atoms. The number of ether oxygens (including phenoxy) is 2. The maximum Gasteiger partial charge on any atom is 0.222 e. The van der Waals surface area contributed by atoms with Crippen LogP contribution in [0.3, 0.4) is 0 Å². The molecule has 1 N–H and O–H groups in total. The number of aliphatic hydroxyl groups is 1. The average Bonchev–Trinajstić information content (AvgIpc) is 3.10. The molecule has 2 aromatic carbocycles. The van der Waals surface area contributed by atoms with Crippen molar-refractivity contribution >= 4 is 0 Å². The zero-order chi connectivity index (χ0) is 23.6.